The molecule has 6 rings (SSSR count). The van der Waals surface area contributed by atoms with Crippen molar-refractivity contribution < 1.29 is 9.47 Å². The first kappa shape index (κ1) is 28.3. The number of piperidine rings is 1. The SMILES string of the molecule is CNc1cc2c(cn1)c(-c1ccc(C3CCN(CCOC)CC3)nc1)nn2C1CCC(Oc2ccc(=O)n(C)n2)CC1. The Bertz CT molecular complexity index is 1550. The number of pyridine rings is 2. The monoisotopic (exact) mass is 572 g/mol. The van der Waals surface area contributed by atoms with E-state index in [4.69, 9.17) is 19.6 Å². The summed E-state index contributed by atoms with van der Waals surface area (Å²) in [7, 11) is 5.28. The summed E-state index contributed by atoms with van der Waals surface area (Å²) in [5.41, 5.74) is 4.02. The molecule has 42 heavy (non-hydrogen) atoms. The minimum Gasteiger partial charge on any atom is -0.473 e. The average molecular weight is 573 g/mol. The number of ether oxygens (including phenoxy) is 2. The maximum atomic E-state index is 11.7. The van der Waals surface area contributed by atoms with Crippen LogP contribution in [0.15, 0.2) is 47.5 Å². The molecule has 1 aliphatic heterocycles. The third-order valence-corrected chi connectivity index (χ3v) is 8.74. The summed E-state index contributed by atoms with van der Waals surface area (Å²) in [6.07, 6.45) is 9.84. The van der Waals surface area contributed by atoms with E-state index in [0.29, 0.717) is 11.8 Å². The van der Waals surface area contributed by atoms with Crippen LogP contribution in [-0.4, -0.2) is 80.9 Å². The molecule has 1 saturated carbocycles. The molecule has 4 aromatic heterocycles. The summed E-state index contributed by atoms with van der Waals surface area (Å²) < 4.78 is 14.8. The van der Waals surface area contributed by atoms with Crippen molar-refractivity contribution >= 4 is 16.7 Å². The molecule has 222 valence electrons. The van der Waals surface area contributed by atoms with E-state index in [1.807, 2.05) is 19.4 Å². The van der Waals surface area contributed by atoms with Crippen molar-refractivity contribution in [3.63, 3.8) is 0 Å². The van der Waals surface area contributed by atoms with Crippen molar-refractivity contribution in [3.05, 3.63) is 58.8 Å². The maximum Gasteiger partial charge on any atom is 0.266 e. The topological polar surface area (TPSA) is 112 Å². The van der Waals surface area contributed by atoms with Crippen LogP contribution >= 0.6 is 0 Å². The van der Waals surface area contributed by atoms with E-state index >= 15 is 0 Å². The number of nitrogens with one attached hydrogen (secondary N) is 1. The lowest BCUT2D eigenvalue weighted by molar-refractivity contribution is 0.123. The molecule has 5 heterocycles. The smallest absolute Gasteiger partial charge is 0.266 e. The fourth-order valence-corrected chi connectivity index (χ4v) is 6.24. The van der Waals surface area contributed by atoms with Gasteiger partial charge in [0.05, 0.1) is 18.2 Å². The van der Waals surface area contributed by atoms with Crippen molar-refractivity contribution in [3.8, 4) is 17.1 Å². The number of methoxy groups -OCH3 is 1. The zero-order valence-corrected chi connectivity index (χ0v) is 24.7. The number of likely N-dealkylation sites (tertiary alicyclic amines) is 1. The molecule has 0 unspecified atom stereocenters. The molecule has 0 aromatic carbocycles. The van der Waals surface area contributed by atoms with Crippen molar-refractivity contribution in [2.24, 2.45) is 7.05 Å². The molecule has 11 heteroatoms. The van der Waals surface area contributed by atoms with E-state index in [1.165, 1.54) is 10.7 Å². The van der Waals surface area contributed by atoms with Gasteiger partial charge in [-0.2, -0.15) is 5.10 Å². The van der Waals surface area contributed by atoms with Gasteiger partial charge in [0.25, 0.3) is 5.56 Å². The van der Waals surface area contributed by atoms with Crippen molar-refractivity contribution in [1.29, 1.82) is 0 Å². The maximum absolute atomic E-state index is 11.7. The van der Waals surface area contributed by atoms with E-state index in [-0.39, 0.29) is 17.7 Å². The first-order chi connectivity index (χ1) is 20.5. The minimum absolute atomic E-state index is 0.0608. The van der Waals surface area contributed by atoms with Crippen LogP contribution in [0.5, 0.6) is 5.88 Å². The summed E-state index contributed by atoms with van der Waals surface area (Å²) in [4.78, 5) is 23.7. The Morgan fingerprint density at radius 2 is 1.79 bits per heavy atom. The molecule has 11 nitrogen and oxygen atoms in total. The van der Waals surface area contributed by atoms with E-state index < -0.39 is 0 Å². The fraction of sp³-hybridized carbons (Fsp3) is 0.516. The zero-order chi connectivity index (χ0) is 29.1. The van der Waals surface area contributed by atoms with Gasteiger partial charge in [0.15, 0.2) is 0 Å². The van der Waals surface area contributed by atoms with Gasteiger partial charge in [-0.15, -0.1) is 5.10 Å². The van der Waals surface area contributed by atoms with Gasteiger partial charge in [0, 0.05) is 80.9 Å². The van der Waals surface area contributed by atoms with Gasteiger partial charge < -0.3 is 19.7 Å². The highest BCUT2D eigenvalue weighted by Gasteiger charge is 2.28. The first-order valence-corrected chi connectivity index (χ1v) is 15.0. The van der Waals surface area contributed by atoms with E-state index in [1.54, 1.807) is 20.2 Å². The largest absolute Gasteiger partial charge is 0.473 e. The van der Waals surface area contributed by atoms with Gasteiger partial charge in [0.1, 0.15) is 17.6 Å². The quantitative estimate of drug-likeness (QED) is 0.318. The number of hydrogen-bond donors (Lipinski definition) is 1. The highest BCUT2D eigenvalue weighted by atomic mass is 16.5. The van der Waals surface area contributed by atoms with E-state index in [2.05, 4.69) is 43.2 Å². The normalized spacial score (nSPS) is 20.2. The fourth-order valence-electron chi connectivity index (χ4n) is 6.24. The highest BCUT2D eigenvalue weighted by Crippen LogP contribution is 2.37. The van der Waals surface area contributed by atoms with Crippen LogP contribution in [0.1, 0.15) is 56.2 Å². The average Bonchev–Trinajstić information content (AvgIpc) is 3.41. The number of anilines is 1. The Labute approximate surface area is 245 Å². The van der Waals surface area contributed by atoms with Crippen LogP contribution in [-0.2, 0) is 11.8 Å². The zero-order valence-electron chi connectivity index (χ0n) is 24.7. The van der Waals surface area contributed by atoms with Gasteiger partial charge in [-0.3, -0.25) is 14.5 Å². The van der Waals surface area contributed by atoms with Crippen LogP contribution in [0.3, 0.4) is 0 Å². The summed E-state index contributed by atoms with van der Waals surface area (Å²) >= 11 is 0. The Balaban J connectivity index is 1.18. The van der Waals surface area contributed by atoms with Crippen molar-refractivity contribution in [2.75, 3.05) is 45.7 Å². The Morgan fingerprint density at radius 1 is 0.976 bits per heavy atom. The van der Waals surface area contributed by atoms with Crippen LogP contribution in [0, 0.1) is 0 Å². The first-order valence-electron chi connectivity index (χ1n) is 15.0. The Morgan fingerprint density at radius 3 is 2.48 bits per heavy atom. The van der Waals surface area contributed by atoms with Crippen molar-refractivity contribution in [1.82, 2.24) is 34.4 Å². The van der Waals surface area contributed by atoms with E-state index in [9.17, 15) is 4.79 Å². The third-order valence-electron chi connectivity index (χ3n) is 8.74. The second-order valence-electron chi connectivity index (χ2n) is 11.4. The molecular formula is C31H40N8O3. The van der Waals surface area contributed by atoms with Crippen LogP contribution < -0.4 is 15.6 Å². The summed E-state index contributed by atoms with van der Waals surface area (Å²) in [5.74, 6) is 1.79. The van der Waals surface area contributed by atoms with Gasteiger partial charge in [-0.25, -0.2) is 9.67 Å². The van der Waals surface area contributed by atoms with Gasteiger partial charge in [0.2, 0.25) is 5.88 Å². The molecule has 0 amide bonds. The molecule has 0 bridgehead atoms. The predicted molar refractivity (Wildman–Crippen MR) is 162 cm³/mol. The van der Waals surface area contributed by atoms with Gasteiger partial charge >= 0.3 is 0 Å². The molecule has 0 radical (unpaired) electrons. The lowest BCUT2D eigenvalue weighted by atomic mass is 9.92. The lowest BCUT2D eigenvalue weighted by Crippen LogP contribution is -2.35. The standard InChI is InChI=1S/C31H40N8O3/c1-32-28-18-27-25(20-34-28)31(22-4-9-26(33-19-22)21-12-14-38(15-13-21)16-17-41-3)36-39(27)23-5-7-24(8-6-23)42-29-10-11-30(40)37(2)35-29/h4,9-11,18-21,23-24H,5-8,12-17H2,1-3H3,(H,32,34). The second-order valence-corrected chi connectivity index (χ2v) is 11.4. The van der Waals surface area contributed by atoms with Crippen molar-refractivity contribution in [2.45, 2.75) is 56.6 Å². The number of aryl methyl sites for hydroxylation is 1. The number of fused-ring (bicyclic) bond motifs is 1. The number of nitrogens with zero attached hydrogens (tertiary/aromatic N) is 7. The Kier molecular flexibility index (Phi) is 8.48. The lowest BCUT2D eigenvalue weighted by Gasteiger charge is -2.31. The predicted octanol–water partition coefficient (Wildman–Crippen LogP) is 4.02. The summed E-state index contributed by atoms with van der Waals surface area (Å²) in [6, 6.07) is 9.83. The van der Waals surface area contributed by atoms with Crippen LogP contribution in [0.4, 0.5) is 5.82 Å². The molecule has 2 fully saturated rings. The minimum atomic E-state index is -0.147. The molecule has 0 atom stereocenters. The van der Waals surface area contributed by atoms with Crippen LogP contribution in [0.25, 0.3) is 22.2 Å². The van der Waals surface area contributed by atoms with E-state index in [0.717, 1.165) is 98.4 Å². The van der Waals surface area contributed by atoms with Gasteiger partial charge in [-0.05, 0) is 63.7 Å². The molecule has 2 aliphatic rings. The molecule has 0 spiro atoms. The molecule has 4 aromatic rings. The summed E-state index contributed by atoms with van der Waals surface area (Å²) in [6.45, 7) is 3.95. The Hall–Kier alpha value is -3.83. The second kappa shape index (κ2) is 12.6. The number of hydrogen-bond acceptors (Lipinski definition) is 9. The molecule has 1 saturated heterocycles. The summed E-state index contributed by atoms with van der Waals surface area (Å²) in [5, 5.41) is 13.6. The number of aromatic nitrogens is 6. The number of rotatable bonds is 9. The third kappa shape index (κ3) is 6.03. The highest BCUT2D eigenvalue weighted by molar-refractivity contribution is 5.93. The molecule has 1 aliphatic carbocycles. The molecule has 1 N–H and O–H groups in total. The molecular weight excluding hydrogens is 532 g/mol. The van der Waals surface area contributed by atoms with Crippen LogP contribution in [0.2, 0.25) is 0 Å². The van der Waals surface area contributed by atoms with Gasteiger partial charge in [-0.1, -0.05) is 0 Å².